The molecular formula is C23H24ClN3O2. The molecule has 0 unspecified atom stereocenters. The second-order valence-electron chi connectivity index (χ2n) is 7.02. The average molecular weight is 410 g/mol. The highest BCUT2D eigenvalue weighted by Crippen LogP contribution is 2.22. The van der Waals surface area contributed by atoms with E-state index < -0.39 is 0 Å². The van der Waals surface area contributed by atoms with Gasteiger partial charge in [0.2, 0.25) is 5.91 Å². The van der Waals surface area contributed by atoms with E-state index in [-0.39, 0.29) is 18.0 Å². The van der Waals surface area contributed by atoms with E-state index in [0.29, 0.717) is 34.2 Å². The van der Waals surface area contributed by atoms with E-state index in [1.807, 2.05) is 44.2 Å². The lowest BCUT2D eigenvalue weighted by Gasteiger charge is -2.23. The van der Waals surface area contributed by atoms with Crippen LogP contribution in [0.15, 0.2) is 53.3 Å². The number of benzene rings is 2. The zero-order valence-corrected chi connectivity index (χ0v) is 17.8. The molecule has 150 valence electrons. The van der Waals surface area contributed by atoms with Crippen molar-refractivity contribution in [3.63, 3.8) is 0 Å². The predicted octanol–water partition coefficient (Wildman–Crippen LogP) is 4.54. The first-order valence-electron chi connectivity index (χ1n) is 9.52. The summed E-state index contributed by atoms with van der Waals surface area (Å²) in [6.45, 7) is 7.82. The minimum atomic E-state index is -0.221. The van der Waals surface area contributed by atoms with E-state index in [9.17, 15) is 9.59 Å². The molecule has 0 spiro atoms. The molecule has 0 N–H and O–H groups in total. The zero-order chi connectivity index (χ0) is 21.1. The molecule has 0 fully saturated rings. The first-order valence-corrected chi connectivity index (χ1v) is 9.90. The summed E-state index contributed by atoms with van der Waals surface area (Å²) in [6.07, 6.45) is 0. The summed E-state index contributed by atoms with van der Waals surface area (Å²) in [5.41, 5.74) is 3.53. The van der Waals surface area contributed by atoms with Gasteiger partial charge in [-0.2, -0.15) is 0 Å². The van der Waals surface area contributed by atoms with Crippen LogP contribution in [0.25, 0.3) is 11.4 Å². The summed E-state index contributed by atoms with van der Waals surface area (Å²) >= 11 is 6.14. The van der Waals surface area contributed by atoms with Crippen molar-refractivity contribution in [2.45, 2.75) is 34.2 Å². The van der Waals surface area contributed by atoms with E-state index in [1.165, 1.54) is 4.57 Å². The number of aryl methyl sites for hydroxylation is 2. The van der Waals surface area contributed by atoms with Gasteiger partial charge in [0.15, 0.2) is 0 Å². The molecule has 3 rings (SSSR count). The van der Waals surface area contributed by atoms with Crippen LogP contribution in [-0.2, 0) is 11.3 Å². The van der Waals surface area contributed by atoms with E-state index in [2.05, 4.69) is 4.98 Å². The topological polar surface area (TPSA) is 55.2 Å². The van der Waals surface area contributed by atoms with Gasteiger partial charge in [-0.15, -0.1) is 0 Å². The third-order valence-electron chi connectivity index (χ3n) is 4.94. The molecule has 0 bridgehead atoms. The second-order valence-corrected chi connectivity index (χ2v) is 7.46. The fraction of sp³-hybridized carbons (Fsp3) is 0.261. The molecule has 29 heavy (non-hydrogen) atoms. The molecule has 3 aromatic rings. The molecule has 5 nitrogen and oxygen atoms in total. The van der Waals surface area contributed by atoms with E-state index >= 15 is 0 Å². The molecule has 2 aromatic carbocycles. The van der Waals surface area contributed by atoms with Crippen LogP contribution in [0.4, 0.5) is 5.69 Å². The lowest BCUT2D eigenvalue weighted by atomic mass is 10.1. The Bertz CT molecular complexity index is 1120. The van der Waals surface area contributed by atoms with E-state index in [0.717, 1.165) is 11.3 Å². The van der Waals surface area contributed by atoms with E-state index in [1.54, 1.807) is 36.9 Å². The Labute approximate surface area is 175 Å². The van der Waals surface area contributed by atoms with Gasteiger partial charge < -0.3 is 4.90 Å². The smallest absolute Gasteiger partial charge is 0.257 e. The molecule has 0 saturated heterocycles. The van der Waals surface area contributed by atoms with Gasteiger partial charge in [0.05, 0.1) is 0 Å². The largest absolute Gasteiger partial charge is 0.311 e. The number of anilines is 1. The van der Waals surface area contributed by atoms with Crippen LogP contribution in [0, 0.1) is 20.8 Å². The molecule has 0 aliphatic rings. The van der Waals surface area contributed by atoms with Crippen molar-refractivity contribution in [3.05, 3.63) is 80.7 Å². The minimum absolute atomic E-state index is 0.101. The molecule has 0 atom stereocenters. The van der Waals surface area contributed by atoms with Crippen LogP contribution in [0.5, 0.6) is 0 Å². The lowest BCUT2D eigenvalue weighted by molar-refractivity contribution is -0.119. The highest BCUT2D eigenvalue weighted by molar-refractivity contribution is 6.30. The van der Waals surface area contributed by atoms with Gasteiger partial charge in [0, 0.05) is 34.1 Å². The van der Waals surface area contributed by atoms with Gasteiger partial charge >= 0.3 is 0 Å². The Hall–Kier alpha value is -2.92. The van der Waals surface area contributed by atoms with Crippen LogP contribution >= 0.6 is 11.6 Å². The number of hydrogen-bond donors (Lipinski definition) is 0. The van der Waals surface area contributed by atoms with Gasteiger partial charge in [0.25, 0.3) is 5.56 Å². The van der Waals surface area contributed by atoms with Crippen molar-refractivity contribution >= 4 is 23.2 Å². The number of carbonyl (C=O) groups is 1. The highest BCUT2D eigenvalue weighted by atomic mass is 35.5. The Morgan fingerprint density at radius 1 is 1.10 bits per heavy atom. The lowest BCUT2D eigenvalue weighted by Crippen LogP contribution is -2.38. The first-order chi connectivity index (χ1) is 13.8. The highest BCUT2D eigenvalue weighted by Gasteiger charge is 2.20. The number of carbonyl (C=O) groups excluding carboxylic acids is 1. The maximum Gasteiger partial charge on any atom is 0.257 e. The van der Waals surface area contributed by atoms with Crippen LogP contribution in [0.3, 0.4) is 0 Å². The number of hydrogen-bond acceptors (Lipinski definition) is 3. The maximum absolute atomic E-state index is 13.2. The number of aromatic nitrogens is 2. The summed E-state index contributed by atoms with van der Waals surface area (Å²) in [5, 5.41) is 0.544. The number of nitrogens with zero attached hydrogens (tertiary/aromatic N) is 3. The number of rotatable bonds is 5. The molecule has 1 amide bonds. The first kappa shape index (κ1) is 20.8. The summed E-state index contributed by atoms with van der Waals surface area (Å²) in [5.74, 6) is 0.266. The molecule has 0 saturated carbocycles. The van der Waals surface area contributed by atoms with Gasteiger partial charge in [-0.25, -0.2) is 4.98 Å². The fourth-order valence-corrected chi connectivity index (χ4v) is 3.46. The summed E-state index contributed by atoms with van der Waals surface area (Å²) in [7, 11) is 0. The SMILES string of the molecule is CCN(C(=O)Cn1c(-c2cccc(Cl)c2)nc(C)c(C)c1=O)c1cccc(C)c1. The normalized spacial score (nSPS) is 10.8. The third-order valence-corrected chi connectivity index (χ3v) is 5.18. The Kier molecular flexibility index (Phi) is 6.18. The van der Waals surface area contributed by atoms with Crippen molar-refractivity contribution in [1.82, 2.24) is 9.55 Å². The molecule has 0 aliphatic heterocycles. The monoisotopic (exact) mass is 409 g/mol. The Morgan fingerprint density at radius 3 is 2.48 bits per heavy atom. The molecule has 0 aliphatic carbocycles. The second kappa shape index (κ2) is 8.62. The average Bonchev–Trinajstić information content (AvgIpc) is 2.69. The summed E-state index contributed by atoms with van der Waals surface area (Å²) < 4.78 is 1.44. The number of amides is 1. The van der Waals surface area contributed by atoms with Gasteiger partial charge in [-0.3, -0.25) is 14.2 Å². The van der Waals surface area contributed by atoms with Crippen LogP contribution < -0.4 is 10.5 Å². The van der Waals surface area contributed by atoms with Crippen molar-refractivity contribution in [1.29, 1.82) is 0 Å². The van der Waals surface area contributed by atoms with Gasteiger partial charge in [-0.1, -0.05) is 35.9 Å². The molecular weight excluding hydrogens is 386 g/mol. The van der Waals surface area contributed by atoms with Crippen LogP contribution in [-0.4, -0.2) is 22.0 Å². The van der Waals surface area contributed by atoms with Crippen molar-refractivity contribution in [2.24, 2.45) is 0 Å². The molecule has 1 heterocycles. The van der Waals surface area contributed by atoms with Crippen LogP contribution in [0.1, 0.15) is 23.7 Å². The van der Waals surface area contributed by atoms with Crippen molar-refractivity contribution < 1.29 is 4.79 Å². The van der Waals surface area contributed by atoms with Gasteiger partial charge in [-0.05, 0) is 57.5 Å². The van der Waals surface area contributed by atoms with Crippen molar-refractivity contribution in [2.75, 3.05) is 11.4 Å². The van der Waals surface area contributed by atoms with Crippen LogP contribution in [0.2, 0.25) is 5.02 Å². The van der Waals surface area contributed by atoms with Gasteiger partial charge in [0.1, 0.15) is 12.4 Å². The number of halogens is 1. The summed E-state index contributed by atoms with van der Waals surface area (Å²) in [6, 6.07) is 14.9. The molecule has 0 radical (unpaired) electrons. The Morgan fingerprint density at radius 2 is 1.83 bits per heavy atom. The molecule has 6 heteroatoms. The third kappa shape index (κ3) is 4.40. The number of likely N-dealkylation sites (N-methyl/N-ethyl adjacent to an activating group) is 1. The summed E-state index contributed by atoms with van der Waals surface area (Å²) in [4.78, 5) is 32.5. The predicted molar refractivity (Wildman–Crippen MR) is 118 cm³/mol. The standard InChI is InChI=1S/C23H24ClN3O2/c1-5-26(20-11-6-8-15(2)12-20)21(28)14-27-22(18-9-7-10-19(24)13-18)25-17(4)16(3)23(27)29/h6-13H,5,14H2,1-4H3. The zero-order valence-electron chi connectivity index (χ0n) is 17.1. The van der Waals surface area contributed by atoms with Crippen molar-refractivity contribution in [3.8, 4) is 11.4 Å². The maximum atomic E-state index is 13.2. The van der Waals surface area contributed by atoms with E-state index in [4.69, 9.17) is 11.6 Å². The molecule has 1 aromatic heterocycles. The Balaban J connectivity index is 2.07. The fourth-order valence-electron chi connectivity index (χ4n) is 3.27. The minimum Gasteiger partial charge on any atom is -0.311 e. The quantitative estimate of drug-likeness (QED) is 0.621.